The summed E-state index contributed by atoms with van der Waals surface area (Å²) in [4.78, 5) is 9.71. The van der Waals surface area contributed by atoms with Crippen LogP contribution in [0.15, 0.2) is 22.1 Å². The maximum atomic E-state index is 6.08. The van der Waals surface area contributed by atoms with E-state index >= 15 is 0 Å². The average molecular weight is 362 g/mol. The van der Waals surface area contributed by atoms with Gasteiger partial charge in [0.1, 0.15) is 5.02 Å². The maximum Gasteiger partial charge on any atom is 0.224 e. The largest absolute Gasteiger partial charge is 0.364 e. The van der Waals surface area contributed by atoms with Crippen LogP contribution in [0, 0.1) is 0 Å². The standard InChI is InChI=1S/C12H14BrClN4S/c1-2-3-15-12-17-6-10(14)11(18-12)16-5-9-4-8(13)7-19-9/h4,6-7H,2-3,5H2,1H3,(H2,15,16,17,18). The highest BCUT2D eigenvalue weighted by Crippen LogP contribution is 2.23. The molecule has 0 spiro atoms. The molecule has 0 aliphatic rings. The molecule has 0 fully saturated rings. The number of thiophene rings is 1. The molecular weight excluding hydrogens is 348 g/mol. The van der Waals surface area contributed by atoms with Crippen molar-refractivity contribution in [3.8, 4) is 0 Å². The Morgan fingerprint density at radius 3 is 2.95 bits per heavy atom. The van der Waals surface area contributed by atoms with Crippen LogP contribution in [0.1, 0.15) is 18.2 Å². The molecule has 0 saturated heterocycles. The molecule has 2 N–H and O–H groups in total. The fraction of sp³-hybridized carbons (Fsp3) is 0.333. The van der Waals surface area contributed by atoms with E-state index in [9.17, 15) is 0 Å². The van der Waals surface area contributed by atoms with E-state index < -0.39 is 0 Å². The zero-order valence-corrected chi connectivity index (χ0v) is 13.6. The molecule has 0 aliphatic heterocycles. The van der Waals surface area contributed by atoms with Gasteiger partial charge in [0.2, 0.25) is 5.95 Å². The first-order chi connectivity index (χ1) is 9.19. The number of rotatable bonds is 6. The van der Waals surface area contributed by atoms with Gasteiger partial charge in [-0.1, -0.05) is 18.5 Å². The SMILES string of the molecule is CCCNc1ncc(Cl)c(NCc2cc(Br)cs2)n1. The molecular formula is C12H14BrClN4S. The smallest absolute Gasteiger partial charge is 0.224 e. The second kappa shape index (κ2) is 7.07. The molecule has 0 bridgehead atoms. The first-order valence-corrected chi connectivity index (χ1v) is 7.97. The van der Waals surface area contributed by atoms with E-state index in [1.165, 1.54) is 4.88 Å². The molecule has 0 radical (unpaired) electrons. The molecule has 2 aromatic rings. The van der Waals surface area contributed by atoms with E-state index in [2.05, 4.69) is 49.5 Å². The summed E-state index contributed by atoms with van der Waals surface area (Å²) in [6, 6.07) is 2.07. The molecule has 0 aliphatic carbocycles. The molecule has 102 valence electrons. The zero-order chi connectivity index (χ0) is 13.7. The Morgan fingerprint density at radius 1 is 1.42 bits per heavy atom. The Labute approximate surface area is 129 Å². The Kier molecular flexibility index (Phi) is 5.42. The highest BCUT2D eigenvalue weighted by molar-refractivity contribution is 9.10. The van der Waals surface area contributed by atoms with Gasteiger partial charge >= 0.3 is 0 Å². The van der Waals surface area contributed by atoms with Crippen LogP contribution in [-0.4, -0.2) is 16.5 Å². The van der Waals surface area contributed by atoms with E-state index in [0.29, 0.717) is 23.3 Å². The van der Waals surface area contributed by atoms with Gasteiger partial charge in [-0.05, 0) is 28.4 Å². The van der Waals surface area contributed by atoms with Crippen molar-refractivity contribution < 1.29 is 0 Å². The van der Waals surface area contributed by atoms with Gasteiger partial charge in [0.05, 0.1) is 12.7 Å². The van der Waals surface area contributed by atoms with Gasteiger partial charge in [0, 0.05) is 21.3 Å². The van der Waals surface area contributed by atoms with Crippen molar-refractivity contribution >= 4 is 50.6 Å². The van der Waals surface area contributed by atoms with Gasteiger partial charge < -0.3 is 10.6 Å². The minimum Gasteiger partial charge on any atom is -0.364 e. The fourth-order valence-electron chi connectivity index (χ4n) is 1.43. The predicted molar refractivity (Wildman–Crippen MR) is 85.2 cm³/mol. The monoisotopic (exact) mass is 360 g/mol. The van der Waals surface area contributed by atoms with Crippen LogP contribution in [0.3, 0.4) is 0 Å². The third-order valence-corrected chi connectivity index (χ3v) is 4.30. The lowest BCUT2D eigenvalue weighted by Gasteiger charge is -2.08. The van der Waals surface area contributed by atoms with Crippen molar-refractivity contribution in [3.05, 3.63) is 32.0 Å². The van der Waals surface area contributed by atoms with Crippen molar-refractivity contribution in [1.29, 1.82) is 0 Å². The lowest BCUT2D eigenvalue weighted by atomic mass is 10.4. The minimum absolute atomic E-state index is 0.526. The molecule has 0 atom stereocenters. The van der Waals surface area contributed by atoms with Crippen LogP contribution < -0.4 is 10.6 Å². The summed E-state index contributed by atoms with van der Waals surface area (Å²) in [5.74, 6) is 1.25. The highest BCUT2D eigenvalue weighted by atomic mass is 79.9. The molecule has 0 saturated carbocycles. The van der Waals surface area contributed by atoms with Gasteiger partial charge in [-0.3, -0.25) is 0 Å². The molecule has 4 nitrogen and oxygen atoms in total. The van der Waals surface area contributed by atoms with Crippen molar-refractivity contribution in [3.63, 3.8) is 0 Å². The van der Waals surface area contributed by atoms with E-state index in [0.717, 1.165) is 17.4 Å². The van der Waals surface area contributed by atoms with E-state index in [-0.39, 0.29) is 0 Å². The number of aromatic nitrogens is 2. The summed E-state index contributed by atoms with van der Waals surface area (Å²) in [5, 5.41) is 8.94. The van der Waals surface area contributed by atoms with Crippen molar-refractivity contribution in [2.75, 3.05) is 17.2 Å². The maximum absolute atomic E-state index is 6.08. The third kappa shape index (κ3) is 4.33. The van der Waals surface area contributed by atoms with Gasteiger partial charge in [0.25, 0.3) is 0 Å². The molecule has 0 aromatic carbocycles. The molecule has 2 heterocycles. The quantitative estimate of drug-likeness (QED) is 0.801. The summed E-state index contributed by atoms with van der Waals surface area (Å²) in [7, 11) is 0. The van der Waals surface area contributed by atoms with E-state index in [1.807, 2.05) is 5.38 Å². The molecule has 0 amide bonds. The predicted octanol–water partition coefficient (Wildman–Crippen LogP) is 4.39. The van der Waals surface area contributed by atoms with E-state index in [1.54, 1.807) is 17.5 Å². The van der Waals surface area contributed by atoms with Crippen molar-refractivity contribution in [1.82, 2.24) is 9.97 Å². The van der Waals surface area contributed by atoms with Gasteiger partial charge in [-0.15, -0.1) is 11.3 Å². The highest BCUT2D eigenvalue weighted by Gasteiger charge is 2.05. The number of hydrogen-bond donors (Lipinski definition) is 2. The number of hydrogen-bond acceptors (Lipinski definition) is 5. The second-order valence-electron chi connectivity index (χ2n) is 3.90. The van der Waals surface area contributed by atoms with Crippen LogP contribution in [0.5, 0.6) is 0 Å². The van der Waals surface area contributed by atoms with Gasteiger partial charge in [-0.25, -0.2) is 4.98 Å². The fourth-order valence-corrected chi connectivity index (χ4v) is 2.98. The van der Waals surface area contributed by atoms with Crippen LogP contribution in [0.4, 0.5) is 11.8 Å². The average Bonchev–Trinajstić information content (AvgIpc) is 2.82. The van der Waals surface area contributed by atoms with Crippen LogP contribution in [0.25, 0.3) is 0 Å². The van der Waals surface area contributed by atoms with Crippen LogP contribution in [0.2, 0.25) is 5.02 Å². The Bertz CT molecular complexity index is 546. The Morgan fingerprint density at radius 2 is 2.26 bits per heavy atom. The number of nitrogens with zero attached hydrogens (tertiary/aromatic N) is 2. The normalized spacial score (nSPS) is 10.5. The molecule has 7 heteroatoms. The molecule has 0 unspecified atom stereocenters. The summed E-state index contributed by atoms with van der Waals surface area (Å²) in [6.07, 6.45) is 2.64. The summed E-state index contributed by atoms with van der Waals surface area (Å²) in [5.41, 5.74) is 0. The van der Waals surface area contributed by atoms with Crippen LogP contribution in [-0.2, 0) is 6.54 Å². The number of nitrogens with one attached hydrogen (secondary N) is 2. The first-order valence-electron chi connectivity index (χ1n) is 5.92. The summed E-state index contributed by atoms with van der Waals surface area (Å²) in [6.45, 7) is 3.63. The zero-order valence-electron chi connectivity index (χ0n) is 10.4. The summed E-state index contributed by atoms with van der Waals surface area (Å²) >= 11 is 11.2. The van der Waals surface area contributed by atoms with Crippen LogP contribution >= 0.6 is 38.9 Å². The van der Waals surface area contributed by atoms with Crippen molar-refractivity contribution in [2.45, 2.75) is 19.9 Å². The van der Waals surface area contributed by atoms with E-state index in [4.69, 9.17) is 11.6 Å². The lowest BCUT2D eigenvalue weighted by molar-refractivity contribution is 0.950. The molecule has 19 heavy (non-hydrogen) atoms. The summed E-state index contributed by atoms with van der Waals surface area (Å²) < 4.78 is 1.09. The van der Waals surface area contributed by atoms with Crippen molar-refractivity contribution in [2.24, 2.45) is 0 Å². The first kappa shape index (κ1) is 14.6. The van der Waals surface area contributed by atoms with Gasteiger partial charge in [0.15, 0.2) is 5.82 Å². The topological polar surface area (TPSA) is 49.8 Å². The second-order valence-corrected chi connectivity index (χ2v) is 6.22. The van der Waals surface area contributed by atoms with Gasteiger partial charge in [-0.2, -0.15) is 4.98 Å². The minimum atomic E-state index is 0.526. The third-order valence-electron chi connectivity index (χ3n) is 2.33. The number of halogens is 2. The Balaban J connectivity index is 2.02. The molecule has 2 aromatic heterocycles. The lowest BCUT2D eigenvalue weighted by Crippen LogP contribution is -2.07. The Hall–Kier alpha value is -0.850. The number of anilines is 2. The molecule has 2 rings (SSSR count).